The second-order valence-electron chi connectivity index (χ2n) is 9.00. The first-order valence-electron chi connectivity index (χ1n) is 10.4. The van der Waals surface area contributed by atoms with Crippen LogP contribution >= 0.6 is 0 Å². The summed E-state index contributed by atoms with van der Waals surface area (Å²) in [5.74, 6) is 0.0230. The number of nitrogens with zero attached hydrogens (tertiary/aromatic N) is 5. The maximum Gasteiger partial charge on any atom is 0.274 e. The molecule has 2 heterocycles. The van der Waals surface area contributed by atoms with Crippen LogP contribution < -0.4 is 0 Å². The third-order valence-electron chi connectivity index (χ3n) is 5.33. The highest BCUT2D eigenvalue weighted by atomic mass is 32.2. The summed E-state index contributed by atoms with van der Waals surface area (Å²) in [7, 11) is -3.80. The van der Waals surface area contributed by atoms with Gasteiger partial charge in [0.05, 0.1) is 16.0 Å². The molecule has 0 bridgehead atoms. The van der Waals surface area contributed by atoms with Crippen molar-refractivity contribution >= 4 is 15.9 Å². The number of hydrogen-bond donors (Lipinski definition) is 0. The average molecular weight is 444 g/mol. The Bertz CT molecular complexity index is 1110. The van der Waals surface area contributed by atoms with Crippen LogP contribution in [0.15, 0.2) is 35.2 Å². The molecule has 0 spiro atoms. The lowest BCUT2D eigenvalue weighted by Crippen LogP contribution is -2.50. The van der Waals surface area contributed by atoms with Crippen LogP contribution in [0.5, 0.6) is 0 Å². The van der Waals surface area contributed by atoms with Crippen LogP contribution in [0, 0.1) is 11.3 Å². The van der Waals surface area contributed by atoms with Crippen LogP contribution in [-0.2, 0) is 15.6 Å². The quantitative estimate of drug-likeness (QED) is 0.723. The van der Waals surface area contributed by atoms with Gasteiger partial charge in [0.25, 0.3) is 5.91 Å². The van der Waals surface area contributed by atoms with Gasteiger partial charge in [0, 0.05) is 31.9 Å². The second kappa shape index (κ2) is 8.44. The zero-order chi connectivity index (χ0) is 23.0. The third-order valence-corrected chi connectivity index (χ3v) is 7.29. The molecule has 1 aliphatic rings. The lowest BCUT2D eigenvalue weighted by atomic mass is 10.1. The van der Waals surface area contributed by atoms with Crippen molar-refractivity contribution in [2.75, 3.05) is 26.2 Å². The van der Waals surface area contributed by atoms with Gasteiger partial charge in [0.15, 0.2) is 5.69 Å². The minimum Gasteiger partial charge on any atom is -0.335 e. The number of rotatable bonds is 4. The Morgan fingerprint density at radius 2 is 1.74 bits per heavy atom. The van der Waals surface area contributed by atoms with Gasteiger partial charge in [-0.1, -0.05) is 26.0 Å². The molecular formula is C22H29N5O3S. The first-order valence-corrected chi connectivity index (χ1v) is 11.8. The van der Waals surface area contributed by atoms with Crippen molar-refractivity contribution in [1.29, 1.82) is 5.26 Å². The van der Waals surface area contributed by atoms with Crippen LogP contribution in [-0.4, -0.2) is 59.5 Å². The SMILES string of the molecule is CC(C)c1cc(C(=O)N2CCN(S(=O)(=O)c3ccccc3C#N)CC2)nn1C(C)(C)C. The van der Waals surface area contributed by atoms with Crippen molar-refractivity contribution in [2.24, 2.45) is 0 Å². The van der Waals surface area contributed by atoms with E-state index in [9.17, 15) is 18.5 Å². The molecule has 0 N–H and O–H groups in total. The van der Waals surface area contributed by atoms with Gasteiger partial charge < -0.3 is 4.90 Å². The van der Waals surface area contributed by atoms with E-state index in [1.165, 1.54) is 16.4 Å². The highest BCUT2D eigenvalue weighted by molar-refractivity contribution is 7.89. The average Bonchev–Trinajstić information content (AvgIpc) is 3.20. The maximum absolute atomic E-state index is 13.1. The molecular weight excluding hydrogens is 414 g/mol. The predicted molar refractivity (Wildman–Crippen MR) is 117 cm³/mol. The van der Waals surface area contributed by atoms with Crippen molar-refractivity contribution in [3.05, 3.63) is 47.3 Å². The van der Waals surface area contributed by atoms with Crippen LogP contribution in [0.2, 0.25) is 0 Å². The molecule has 1 aliphatic heterocycles. The van der Waals surface area contributed by atoms with Gasteiger partial charge in [-0.25, -0.2) is 8.42 Å². The molecule has 8 nitrogen and oxygen atoms in total. The fourth-order valence-corrected chi connectivity index (χ4v) is 5.23. The number of carbonyl (C=O) groups is 1. The van der Waals surface area contributed by atoms with Crippen molar-refractivity contribution in [2.45, 2.75) is 51.0 Å². The molecule has 2 aromatic rings. The van der Waals surface area contributed by atoms with E-state index in [1.54, 1.807) is 17.0 Å². The molecule has 1 fully saturated rings. The minimum atomic E-state index is -3.80. The predicted octanol–water partition coefficient (Wildman–Crippen LogP) is 2.78. The van der Waals surface area contributed by atoms with E-state index in [0.717, 1.165) is 5.69 Å². The Labute approximate surface area is 184 Å². The van der Waals surface area contributed by atoms with Crippen molar-refractivity contribution in [1.82, 2.24) is 19.0 Å². The maximum atomic E-state index is 13.1. The normalized spacial score (nSPS) is 15.8. The Balaban J connectivity index is 1.77. The zero-order valence-electron chi connectivity index (χ0n) is 18.7. The van der Waals surface area contributed by atoms with Gasteiger partial charge in [0.2, 0.25) is 10.0 Å². The van der Waals surface area contributed by atoms with Crippen LogP contribution in [0.4, 0.5) is 0 Å². The summed E-state index contributed by atoms with van der Waals surface area (Å²) >= 11 is 0. The number of nitriles is 1. The summed E-state index contributed by atoms with van der Waals surface area (Å²) in [6.07, 6.45) is 0. The fraction of sp³-hybridized carbons (Fsp3) is 0.500. The van der Waals surface area contributed by atoms with Crippen LogP contribution in [0.25, 0.3) is 0 Å². The number of hydrogen-bond acceptors (Lipinski definition) is 5. The van der Waals surface area contributed by atoms with Gasteiger partial charge >= 0.3 is 0 Å². The molecule has 9 heteroatoms. The highest BCUT2D eigenvalue weighted by Crippen LogP contribution is 2.25. The summed E-state index contributed by atoms with van der Waals surface area (Å²) in [6, 6.07) is 9.95. The minimum absolute atomic E-state index is 0.00257. The summed E-state index contributed by atoms with van der Waals surface area (Å²) in [6.45, 7) is 11.1. The molecule has 166 valence electrons. The van der Waals surface area contributed by atoms with Crippen molar-refractivity contribution in [3.63, 3.8) is 0 Å². The van der Waals surface area contributed by atoms with E-state index < -0.39 is 10.0 Å². The van der Waals surface area contributed by atoms with Crippen LogP contribution in [0.1, 0.15) is 62.3 Å². The molecule has 0 aliphatic carbocycles. The molecule has 0 atom stereocenters. The molecule has 31 heavy (non-hydrogen) atoms. The molecule has 0 saturated carbocycles. The highest BCUT2D eigenvalue weighted by Gasteiger charge is 2.33. The number of sulfonamides is 1. The van der Waals surface area contributed by atoms with E-state index in [4.69, 9.17) is 0 Å². The standard InChI is InChI=1S/C22H29N5O3S/c1-16(2)19-14-18(24-27(19)22(3,4)5)21(28)25-10-12-26(13-11-25)31(29,30)20-9-7-6-8-17(20)15-23/h6-9,14,16H,10-13H2,1-5H3. The first-order chi connectivity index (χ1) is 14.5. The van der Waals surface area contributed by atoms with E-state index in [0.29, 0.717) is 5.69 Å². The number of piperazine rings is 1. The Morgan fingerprint density at radius 1 is 1.13 bits per heavy atom. The Kier molecular flexibility index (Phi) is 6.25. The number of aromatic nitrogens is 2. The topological polar surface area (TPSA) is 99.3 Å². The fourth-order valence-electron chi connectivity index (χ4n) is 3.67. The zero-order valence-corrected chi connectivity index (χ0v) is 19.5. The van der Waals surface area contributed by atoms with E-state index >= 15 is 0 Å². The van der Waals surface area contributed by atoms with Crippen molar-refractivity contribution < 1.29 is 13.2 Å². The Morgan fingerprint density at radius 3 is 2.26 bits per heavy atom. The Hall–Kier alpha value is -2.70. The number of carbonyl (C=O) groups excluding carboxylic acids is 1. The van der Waals surface area contributed by atoms with Gasteiger partial charge in [0.1, 0.15) is 6.07 Å². The third kappa shape index (κ3) is 4.50. The first kappa shape index (κ1) is 23.0. The van der Waals surface area contributed by atoms with Crippen LogP contribution in [0.3, 0.4) is 0 Å². The number of amides is 1. The molecule has 0 unspecified atom stereocenters. The lowest BCUT2D eigenvalue weighted by Gasteiger charge is -2.33. The van der Waals surface area contributed by atoms with Gasteiger partial charge in [-0.3, -0.25) is 9.48 Å². The monoisotopic (exact) mass is 443 g/mol. The second-order valence-corrected chi connectivity index (χ2v) is 10.9. The van der Waals surface area contributed by atoms with Gasteiger partial charge in [-0.15, -0.1) is 0 Å². The summed E-state index contributed by atoms with van der Waals surface area (Å²) in [5, 5.41) is 13.8. The molecule has 3 rings (SSSR count). The summed E-state index contributed by atoms with van der Waals surface area (Å²) < 4.78 is 29.2. The van der Waals surface area contributed by atoms with Crippen molar-refractivity contribution in [3.8, 4) is 6.07 Å². The lowest BCUT2D eigenvalue weighted by molar-refractivity contribution is 0.0690. The smallest absolute Gasteiger partial charge is 0.274 e. The molecule has 1 saturated heterocycles. The van der Waals surface area contributed by atoms with Gasteiger partial charge in [-0.05, 0) is 44.9 Å². The van der Waals surface area contributed by atoms with E-state index in [1.807, 2.05) is 37.6 Å². The molecule has 1 aromatic heterocycles. The largest absolute Gasteiger partial charge is 0.335 e. The van der Waals surface area contributed by atoms with E-state index in [-0.39, 0.29) is 54.0 Å². The van der Waals surface area contributed by atoms with E-state index in [2.05, 4.69) is 18.9 Å². The number of benzene rings is 1. The molecule has 1 aromatic carbocycles. The summed E-state index contributed by atoms with van der Waals surface area (Å²) in [5.41, 5.74) is 1.24. The van der Waals surface area contributed by atoms with Gasteiger partial charge in [-0.2, -0.15) is 14.7 Å². The summed E-state index contributed by atoms with van der Waals surface area (Å²) in [4.78, 5) is 14.7. The molecule has 0 radical (unpaired) electrons. The molecule has 1 amide bonds.